The van der Waals surface area contributed by atoms with Crippen molar-refractivity contribution in [2.75, 3.05) is 19.8 Å². The molecule has 162 valence electrons. The van der Waals surface area contributed by atoms with Crippen LogP contribution in [0.3, 0.4) is 0 Å². The van der Waals surface area contributed by atoms with Crippen molar-refractivity contribution in [2.24, 2.45) is 0 Å². The highest BCUT2D eigenvalue weighted by Crippen LogP contribution is 2.34. The summed E-state index contributed by atoms with van der Waals surface area (Å²) >= 11 is 0. The largest absolute Gasteiger partial charge is 0.381 e. The summed E-state index contributed by atoms with van der Waals surface area (Å²) in [7, 11) is -3.61. The molecule has 1 aliphatic rings. The number of benzene rings is 2. The summed E-state index contributed by atoms with van der Waals surface area (Å²) in [5.41, 5.74) is 0.799. The average molecular weight is 435 g/mol. The van der Waals surface area contributed by atoms with Gasteiger partial charge in [-0.2, -0.15) is 0 Å². The molecular weight excluding hydrogens is 407 g/mol. The minimum atomic E-state index is -3.61. The van der Waals surface area contributed by atoms with Crippen LogP contribution in [0.1, 0.15) is 42.6 Å². The number of nitrogens with one attached hydrogen (secondary N) is 2. The Hall–Kier alpha value is -2.29. The van der Waals surface area contributed by atoms with Crippen molar-refractivity contribution in [1.82, 2.24) is 10.0 Å². The number of halogens is 1. The van der Waals surface area contributed by atoms with E-state index in [4.69, 9.17) is 4.74 Å². The first-order valence-electron chi connectivity index (χ1n) is 9.96. The third kappa shape index (κ3) is 5.24. The van der Waals surface area contributed by atoms with E-state index in [0.29, 0.717) is 38.2 Å². The van der Waals surface area contributed by atoms with Gasteiger partial charge in [0.2, 0.25) is 10.0 Å². The van der Waals surface area contributed by atoms with Crippen LogP contribution in [0.15, 0.2) is 53.4 Å². The maximum atomic E-state index is 13.8. The van der Waals surface area contributed by atoms with Crippen LogP contribution in [-0.2, 0) is 20.2 Å². The van der Waals surface area contributed by atoms with Gasteiger partial charge in [0.15, 0.2) is 0 Å². The summed E-state index contributed by atoms with van der Waals surface area (Å²) in [6.45, 7) is 4.91. The molecule has 0 bridgehead atoms. The van der Waals surface area contributed by atoms with Gasteiger partial charge in [-0.3, -0.25) is 4.79 Å². The summed E-state index contributed by atoms with van der Waals surface area (Å²) in [5.74, 6) is -0.616. The van der Waals surface area contributed by atoms with Crippen LogP contribution in [0.25, 0.3) is 0 Å². The van der Waals surface area contributed by atoms with Gasteiger partial charge in [0.05, 0.1) is 4.90 Å². The molecule has 30 heavy (non-hydrogen) atoms. The Bertz CT molecular complexity index is 984. The first-order chi connectivity index (χ1) is 14.2. The van der Waals surface area contributed by atoms with E-state index in [1.807, 2.05) is 6.07 Å². The van der Waals surface area contributed by atoms with Crippen LogP contribution >= 0.6 is 0 Å². The molecule has 2 N–H and O–H groups in total. The molecule has 0 aromatic heterocycles. The predicted octanol–water partition coefficient (Wildman–Crippen LogP) is 2.99. The highest BCUT2D eigenvalue weighted by Gasteiger charge is 2.35. The van der Waals surface area contributed by atoms with Gasteiger partial charge in [-0.15, -0.1) is 0 Å². The maximum absolute atomic E-state index is 13.8. The highest BCUT2D eigenvalue weighted by atomic mass is 32.2. The van der Waals surface area contributed by atoms with E-state index in [2.05, 4.69) is 10.0 Å². The number of rotatable bonds is 7. The van der Waals surface area contributed by atoms with Gasteiger partial charge >= 0.3 is 0 Å². The molecule has 0 radical (unpaired) electrons. The average Bonchev–Trinajstić information content (AvgIpc) is 2.72. The first kappa shape index (κ1) is 22.4. The number of carbonyl (C=O) groups is 1. The quantitative estimate of drug-likeness (QED) is 0.702. The molecule has 6 nitrogen and oxygen atoms in total. The lowest BCUT2D eigenvalue weighted by Crippen LogP contribution is -2.44. The molecule has 1 saturated heterocycles. The Morgan fingerprint density at radius 3 is 2.40 bits per heavy atom. The molecule has 0 atom stereocenters. The van der Waals surface area contributed by atoms with Gasteiger partial charge in [-0.25, -0.2) is 17.5 Å². The molecule has 2 aromatic carbocycles. The van der Waals surface area contributed by atoms with E-state index in [1.54, 1.807) is 19.9 Å². The molecule has 0 unspecified atom stereocenters. The third-order valence-electron chi connectivity index (χ3n) is 5.29. The summed E-state index contributed by atoms with van der Waals surface area (Å²) in [6.07, 6.45) is 1.35. The van der Waals surface area contributed by atoms with Crippen LogP contribution in [-0.4, -0.2) is 40.1 Å². The first-order valence-corrected chi connectivity index (χ1v) is 11.4. The SMILES string of the molecule is CC(C)NS(=O)(=O)c1ccc(C(=O)NCC2(c3cccc(F)c3)CCOCC2)cc1. The van der Waals surface area contributed by atoms with Gasteiger partial charge in [-0.1, -0.05) is 12.1 Å². The fraction of sp³-hybridized carbons (Fsp3) is 0.409. The molecule has 3 rings (SSSR count). The lowest BCUT2D eigenvalue weighted by Gasteiger charge is -2.38. The van der Waals surface area contributed by atoms with Crippen molar-refractivity contribution in [3.05, 3.63) is 65.5 Å². The normalized spacial score (nSPS) is 16.4. The summed E-state index contributed by atoms with van der Waals surface area (Å²) in [4.78, 5) is 12.8. The van der Waals surface area contributed by atoms with E-state index in [-0.39, 0.29) is 22.7 Å². The Morgan fingerprint density at radius 1 is 1.13 bits per heavy atom. The van der Waals surface area contributed by atoms with E-state index in [9.17, 15) is 17.6 Å². The van der Waals surface area contributed by atoms with Gasteiger partial charge in [-0.05, 0) is 68.7 Å². The minimum absolute atomic E-state index is 0.105. The van der Waals surface area contributed by atoms with Crippen LogP contribution < -0.4 is 10.0 Å². The predicted molar refractivity (Wildman–Crippen MR) is 112 cm³/mol. The van der Waals surface area contributed by atoms with Crippen LogP contribution in [0, 0.1) is 5.82 Å². The molecule has 1 amide bonds. The van der Waals surface area contributed by atoms with Crippen LogP contribution in [0.4, 0.5) is 4.39 Å². The Kier molecular flexibility index (Phi) is 6.90. The lowest BCUT2D eigenvalue weighted by molar-refractivity contribution is 0.0486. The second kappa shape index (κ2) is 9.24. The smallest absolute Gasteiger partial charge is 0.251 e. The molecular formula is C22H27FN2O4S. The second-order valence-electron chi connectivity index (χ2n) is 7.89. The zero-order valence-electron chi connectivity index (χ0n) is 17.2. The topological polar surface area (TPSA) is 84.5 Å². The van der Waals surface area contributed by atoms with Crippen LogP contribution in [0.5, 0.6) is 0 Å². The number of sulfonamides is 1. The summed E-state index contributed by atoms with van der Waals surface area (Å²) in [5, 5.41) is 2.94. The van der Waals surface area contributed by atoms with Crippen molar-refractivity contribution in [1.29, 1.82) is 0 Å². The summed E-state index contributed by atoms with van der Waals surface area (Å²) < 4.78 is 46.2. The fourth-order valence-corrected chi connectivity index (χ4v) is 4.91. The number of ether oxygens (including phenoxy) is 1. The molecule has 1 aliphatic heterocycles. The molecule has 0 spiro atoms. The molecule has 1 heterocycles. The van der Waals surface area contributed by atoms with Gasteiger partial charge < -0.3 is 10.1 Å². The standard InChI is InChI=1S/C22H27FN2O4S/c1-16(2)25-30(27,28)20-8-6-17(7-9-20)21(26)24-15-22(10-12-29-13-11-22)18-4-3-5-19(23)14-18/h3-9,14,16,25H,10-13,15H2,1-2H3,(H,24,26). The molecule has 0 aliphatic carbocycles. The van der Waals surface area contributed by atoms with Gasteiger partial charge in [0, 0.05) is 36.8 Å². The number of amides is 1. The maximum Gasteiger partial charge on any atom is 0.251 e. The molecule has 2 aromatic rings. The van der Waals surface area contributed by atoms with E-state index < -0.39 is 15.4 Å². The molecule has 0 saturated carbocycles. The monoisotopic (exact) mass is 434 g/mol. The summed E-state index contributed by atoms with van der Waals surface area (Å²) in [6, 6.07) is 12.0. The second-order valence-corrected chi connectivity index (χ2v) is 9.60. The Labute approximate surface area is 176 Å². The van der Waals surface area contributed by atoms with Crippen molar-refractivity contribution in [3.8, 4) is 0 Å². The highest BCUT2D eigenvalue weighted by molar-refractivity contribution is 7.89. The zero-order valence-corrected chi connectivity index (χ0v) is 18.0. The Balaban J connectivity index is 1.73. The zero-order chi connectivity index (χ0) is 21.8. The third-order valence-corrected chi connectivity index (χ3v) is 6.97. The van der Waals surface area contributed by atoms with Crippen molar-refractivity contribution in [3.63, 3.8) is 0 Å². The van der Waals surface area contributed by atoms with Crippen molar-refractivity contribution >= 4 is 15.9 Å². The van der Waals surface area contributed by atoms with Crippen molar-refractivity contribution in [2.45, 2.75) is 43.0 Å². The lowest BCUT2D eigenvalue weighted by atomic mass is 9.74. The fourth-order valence-electron chi connectivity index (χ4n) is 3.66. The van der Waals surface area contributed by atoms with Gasteiger partial charge in [0.1, 0.15) is 5.82 Å². The van der Waals surface area contributed by atoms with E-state index in [1.165, 1.54) is 36.4 Å². The van der Waals surface area contributed by atoms with Crippen molar-refractivity contribution < 1.29 is 22.3 Å². The van der Waals surface area contributed by atoms with Crippen LogP contribution in [0.2, 0.25) is 0 Å². The minimum Gasteiger partial charge on any atom is -0.381 e. The Morgan fingerprint density at radius 2 is 1.80 bits per heavy atom. The number of hydrogen-bond donors (Lipinski definition) is 2. The van der Waals surface area contributed by atoms with E-state index in [0.717, 1.165) is 5.56 Å². The molecule has 1 fully saturated rings. The van der Waals surface area contributed by atoms with E-state index >= 15 is 0 Å². The number of hydrogen-bond acceptors (Lipinski definition) is 4. The van der Waals surface area contributed by atoms with Gasteiger partial charge in [0.25, 0.3) is 5.91 Å². The number of carbonyl (C=O) groups excluding carboxylic acids is 1. The molecule has 8 heteroatoms.